The van der Waals surface area contributed by atoms with Crippen LogP contribution in [0, 0.1) is 13.8 Å². The molecule has 0 bridgehead atoms. The first kappa shape index (κ1) is 28.0. The predicted octanol–water partition coefficient (Wildman–Crippen LogP) is 2.95. The Balaban J connectivity index is 3.25. The second-order valence-electron chi connectivity index (χ2n) is 9.25. The highest BCUT2D eigenvalue weighted by Crippen LogP contribution is 2.29. The summed E-state index contributed by atoms with van der Waals surface area (Å²) in [7, 11) is 1.70. The first-order valence-corrected chi connectivity index (χ1v) is 11.6. The van der Waals surface area contributed by atoms with Gasteiger partial charge in [0.2, 0.25) is 11.8 Å². The lowest BCUT2D eigenvalue weighted by molar-refractivity contribution is -0.158. The highest BCUT2D eigenvalue weighted by molar-refractivity contribution is 7.80. The lowest BCUT2D eigenvalue weighted by atomic mass is 9.97. The fourth-order valence-corrected chi connectivity index (χ4v) is 3.78. The van der Waals surface area contributed by atoms with E-state index in [9.17, 15) is 14.4 Å². The number of aryl methyl sites for hydroxylation is 2. The molecule has 8 heteroatoms. The number of ether oxygens (including phenoxy) is 1. The summed E-state index contributed by atoms with van der Waals surface area (Å²) in [6.07, 6.45) is 0. The van der Waals surface area contributed by atoms with Gasteiger partial charge in [-0.2, -0.15) is 12.6 Å². The molecule has 0 aromatic heterocycles. The van der Waals surface area contributed by atoms with E-state index in [0.717, 1.165) is 16.7 Å². The molecule has 4 atom stereocenters. The third-order valence-electron chi connectivity index (χ3n) is 5.27. The van der Waals surface area contributed by atoms with Crippen molar-refractivity contribution in [3.63, 3.8) is 0 Å². The van der Waals surface area contributed by atoms with Crippen LogP contribution in [0.2, 0.25) is 0 Å². The summed E-state index contributed by atoms with van der Waals surface area (Å²) in [6.45, 7) is 14.3. The van der Waals surface area contributed by atoms with Crippen LogP contribution in [-0.2, 0) is 19.1 Å². The molecule has 180 valence electrons. The minimum Gasteiger partial charge on any atom is -0.458 e. The minimum atomic E-state index is -0.849. The van der Waals surface area contributed by atoms with E-state index in [-0.39, 0.29) is 5.91 Å². The number of hydrogen-bond acceptors (Lipinski definition) is 6. The number of nitrogens with one attached hydrogen (secondary N) is 2. The van der Waals surface area contributed by atoms with Gasteiger partial charge in [-0.1, -0.05) is 23.8 Å². The summed E-state index contributed by atoms with van der Waals surface area (Å²) in [6, 6.07) is 3.41. The second-order valence-corrected chi connectivity index (χ2v) is 9.62. The third kappa shape index (κ3) is 7.52. The molecule has 0 aliphatic rings. The van der Waals surface area contributed by atoms with Gasteiger partial charge in [-0.3, -0.25) is 9.59 Å². The Bertz CT molecular complexity index is 822. The molecule has 0 unspecified atom stereocenters. The van der Waals surface area contributed by atoms with E-state index in [1.54, 1.807) is 53.5 Å². The molecule has 0 aliphatic heterocycles. The van der Waals surface area contributed by atoms with Gasteiger partial charge in [0.15, 0.2) is 0 Å². The van der Waals surface area contributed by atoms with Gasteiger partial charge in [0.25, 0.3) is 0 Å². The maximum Gasteiger partial charge on any atom is 0.328 e. The van der Waals surface area contributed by atoms with E-state index in [0.29, 0.717) is 5.75 Å². The minimum absolute atomic E-state index is 0.223. The Kier molecular flexibility index (Phi) is 10.2. The van der Waals surface area contributed by atoms with Crippen molar-refractivity contribution in [2.24, 2.45) is 0 Å². The smallest absolute Gasteiger partial charge is 0.328 e. The van der Waals surface area contributed by atoms with Crippen LogP contribution < -0.4 is 10.6 Å². The lowest BCUT2D eigenvalue weighted by Gasteiger charge is -2.38. The van der Waals surface area contributed by atoms with Crippen molar-refractivity contribution >= 4 is 30.4 Å². The molecular weight excluding hydrogens is 426 g/mol. The quantitative estimate of drug-likeness (QED) is 0.386. The first-order valence-electron chi connectivity index (χ1n) is 10.9. The van der Waals surface area contributed by atoms with E-state index in [2.05, 4.69) is 23.3 Å². The summed E-state index contributed by atoms with van der Waals surface area (Å²) in [4.78, 5) is 40.3. The summed E-state index contributed by atoms with van der Waals surface area (Å²) < 4.78 is 5.35. The van der Waals surface area contributed by atoms with E-state index in [1.165, 1.54) is 0 Å². The zero-order chi connectivity index (χ0) is 24.8. The largest absolute Gasteiger partial charge is 0.458 e. The van der Waals surface area contributed by atoms with Crippen LogP contribution >= 0.6 is 12.6 Å². The van der Waals surface area contributed by atoms with Crippen LogP contribution in [0.3, 0.4) is 0 Å². The Morgan fingerprint density at radius 1 is 1.09 bits per heavy atom. The van der Waals surface area contributed by atoms with Gasteiger partial charge < -0.3 is 20.3 Å². The molecule has 2 N–H and O–H groups in total. The van der Waals surface area contributed by atoms with Gasteiger partial charge in [-0.25, -0.2) is 4.79 Å². The Labute approximate surface area is 198 Å². The molecule has 2 amide bonds. The van der Waals surface area contributed by atoms with Crippen LogP contribution in [0.4, 0.5) is 0 Å². The predicted molar refractivity (Wildman–Crippen MR) is 131 cm³/mol. The highest BCUT2D eigenvalue weighted by atomic mass is 32.1. The van der Waals surface area contributed by atoms with Gasteiger partial charge in [0.1, 0.15) is 17.7 Å². The Morgan fingerprint density at radius 2 is 1.69 bits per heavy atom. The highest BCUT2D eigenvalue weighted by Gasteiger charge is 2.36. The monoisotopic (exact) mass is 465 g/mol. The first-order chi connectivity index (χ1) is 14.7. The van der Waals surface area contributed by atoms with Crippen LogP contribution in [0.15, 0.2) is 18.2 Å². The number of hydrogen-bond donors (Lipinski definition) is 3. The van der Waals surface area contributed by atoms with Crippen LogP contribution in [0.5, 0.6) is 0 Å². The number of rotatable bonds is 9. The molecule has 1 rings (SSSR count). The third-order valence-corrected chi connectivity index (χ3v) is 5.61. The maximum absolute atomic E-state index is 13.3. The van der Waals surface area contributed by atoms with Gasteiger partial charge in [-0.15, -0.1) is 0 Å². The summed E-state index contributed by atoms with van der Waals surface area (Å²) in [5.74, 6) is -0.846. The van der Waals surface area contributed by atoms with Crippen LogP contribution in [0.1, 0.15) is 64.3 Å². The number of carbonyl (C=O) groups is 3. The number of esters is 1. The normalized spacial score (nSPS) is 15.3. The molecule has 0 saturated heterocycles. The number of benzene rings is 1. The zero-order valence-electron chi connectivity index (χ0n) is 20.8. The van der Waals surface area contributed by atoms with Crippen molar-refractivity contribution < 1.29 is 19.1 Å². The number of carbonyl (C=O) groups excluding carboxylic acids is 3. The zero-order valence-corrected chi connectivity index (χ0v) is 21.7. The SMILES string of the molecule is CN[C@@H](C)C(=O)N([C@@H](C)C(=O)N[C@@H](C)C(=O)OC(C)(C)C)[C@@H](CS)c1ccc(C)cc1C. The fraction of sp³-hybridized carbons (Fsp3) is 0.625. The van der Waals surface area contributed by atoms with E-state index >= 15 is 0 Å². The number of nitrogens with zero attached hydrogens (tertiary/aromatic N) is 1. The molecule has 7 nitrogen and oxygen atoms in total. The summed E-state index contributed by atoms with van der Waals surface area (Å²) in [5, 5.41) is 5.65. The maximum atomic E-state index is 13.3. The van der Waals surface area contributed by atoms with E-state index < -0.39 is 41.6 Å². The van der Waals surface area contributed by atoms with Crippen molar-refractivity contribution in [1.82, 2.24) is 15.5 Å². The van der Waals surface area contributed by atoms with Crippen molar-refractivity contribution in [2.45, 2.75) is 85.2 Å². The topological polar surface area (TPSA) is 87.7 Å². The average Bonchev–Trinajstić information content (AvgIpc) is 2.69. The molecule has 1 aromatic carbocycles. The van der Waals surface area contributed by atoms with Crippen molar-refractivity contribution in [3.05, 3.63) is 34.9 Å². The van der Waals surface area contributed by atoms with Gasteiger partial charge in [-0.05, 0) is 73.6 Å². The molecule has 0 heterocycles. The molecule has 32 heavy (non-hydrogen) atoms. The number of thiol groups is 1. The van der Waals surface area contributed by atoms with Crippen molar-refractivity contribution in [3.8, 4) is 0 Å². The Hall–Kier alpha value is -2.06. The second kappa shape index (κ2) is 11.7. The average molecular weight is 466 g/mol. The van der Waals surface area contributed by atoms with Crippen molar-refractivity contribution in [1.29, 1.82) is 0 Å². The van der Waals surface area contributed by atoms with Crippen molar-refractivity contribution in [2.75, 3.05) is 12.8 Å². The number of likely N-dealkylation sites (N-methyl/N-ethyl adjacent to an activating group) is 1. The molecule has 0 aliphatic carbocycles. The molecule has 0 spiro atoms. The van der Waals surface area contributed by atoms with Crippen LogP contribution in [-0.4, -0.2) is 59.2 Å². The molecule has 1 aromatic rings. The molecule has 0 saturated carbocycles. The summed E-state index contributed by atoms with van der Waals surface area (Å²) >= 11 is 4.52. The van der Waals surface area contributed by atoms with Crippen LogP contribution in [0.25, 0.3) is 0 Å². The molecule has 0 fully saturated rings. The van der Waals surface area contributed by atoms with E-state index in [1.807, 2.05) is 32.0 Å². The lowest BCUT2D eigenvalue weighted by Crippen LogP contribution is -2.56. The number of amides is 2. The van der Waals surface area contributed by atoms with Gasteiger partial charge in [0, 0.05) is 5.75 Å². The summed E-state index contributed by atoms with van der Waals surface area (Å²) in [5.41, 5.74) is 2.41. The molecule has 0 radical (unpaired) electrons. The van der Waals surface area contributed by atoms with E-state index in [4.69, 9.17) is 4.74 Å². The van der Waals surface area contributed by atoms with Gasteiger partial charge >= 0.3 is 5.97 Å². The van der Waals surface area contributed by atoms with Gasteiger partial charge in [0.05, 0.1) is 12.1 Å². The standard InChI is InChI=1S/C24H39N3O4S/c1-14-10-11-19(15(2)12-14)20(13-32)27(22(29)16(3)25-9)18(5)21(28)26-17(4)23(30)31-24(6,7)8/h10-12,16-18,20,25,32H,13H2,1-9H3,(H,26,28)/t16-,17-,18-,20-/m0/s1. The molecular formula is C24H39N3O4S. The fourth-order valence-electron chi connectivity index (χ4n) is 3.41. The Morgan fingerprint density at radius 3 is 2.16 bits per heavy atom.